The van der Waals surface area contributed by atoms with Gasteiger partial charge in [-0.15, -0.1) is 11.6 Å². The van der Waals surface area contributed by atoms with Gasteiger partial charge >= 0.3 is 0 Å². The van der Waals surface area contributed by atoms with Crippen molar-refractivity contribution in [1.82, 2.24) is 9.55 Å². The standard InChI is InChI=1S/C16H19Cl3N2/c1-10-2-3-11(6-10)9-21-15-8-13(19)12(18)7-14(15)20-16(21)4-5-17/h7-8,10-11H,2-6,9H2,1H3. The van der Waals surface area contributed by atoms with E-state index in [1.165, 1.54) is 19.3 Å². The largest absolute Gasteiger partial charge is 0.328 e. The van der Waals surface area contributed by atoms with Gasteiger partial charge < -0.3 is 4.57 Å². The van der Waals surface area contributed by atoms with Crippen molar-refractivity contribution in [2.75, 3.05) is 5.88 Å². The van der Waals surface area contributed by atoms with Crippen LogP contribution in [0.1, 0.15) is 32.0 Å². The number of hydrogen-bond acceptors (Lipinski definition) is 1. The van der Waals surface area contributed by atoms with E-state index in [1.54, 1.807) is 0 Å². The summed E-state index contributed by atoms with van der Waals surface area (Å²) in [6, 6.07) is 3.78. The minimum absolute atomic E-state index is 0.556. The number of halogens is 3. The first-order valence-electron chi connectivity index (χ1n) is 7.48. The highest BCUT2D eigenvalue weighted by Gasteiger charge is 2.23. The van der Waals surface area contributed by atoms with E-state index in [0.29, 0.717) is 15.9 Å². The number of imidazole rings is 1. The molecule has 0 N–H and O–H groups in total. The van der Waals surface area contributed by atoms with E-state index in [9.17, 15) is 0 Å². The average Bonchev–Trinajstić information content (AvgIpc) is 2.97. The number of fused-ring (bicyclic) bond motifs is 1. The molecule has 2 atom stereocenters. The zero-order valence-electron chi connectivity index (χ0n) is 12.1. The van der Waals surface area contributed by atoms with Crippen LogP contribution in [0.15, 0.2) is 12.1 Å². The van der Waals surface area contributed by atoms with Crippen molar-refractivity contribution in [3.8, 4) is 0 Å². The van der Waals surface area contributed by atoms with Crippen LogP contribution in [0.3, 0.4) is 0 Å². The van der Waals surface area contributed by atoms with Gasteiger partial charge in [-0.2, -0.15) is 0 Å². The third-order valence-electron chi connectivity index (χ3n) is 4.43. The Balaban J connectivity index is 2.00. The van der Waals surface area contributed by atoms with Crippen LogP contribution in [0.4, 0.5) is 0 Å². The van der Waals surface area contributed by atoms with Crippen molar-refractivity contribution in [2.45, 2.75) is 39.2 Å². The summed E-state index contributed by atoms with van der Waals surface area (Å²) in [6.45, 7) is 3.34. The van der Waals surface area contributed by atoms with Crippen molar-refractivity contribution in [1.29, 1.82) is 0 Å². The normalized spacial score (nSPS) is 22.3. The minimum Gasteiger partial charge on any atom is -0.328 e. The lowest BCUT2D eigenvalue weighted by molar-refractivity contribution is 0.439. The van der Waals surface area contributed by atoms with Crippen LogP contribution in [0.25, 0.3) is 11.0 Å². The summed E-state index contributed by atoms with van der Waals surface area (Å²) in [5, 5.41) is 1.14. The fraction of sp³-hybridized carbons (Fsp3) is 0.562. The molecule has 0 radical (unpaired) electrons. The van der Waals surface area contributed by atoms with Crippen molar-refractivity contribution >= 4 is 45.8 Å². The average molecular weight is 346 g/mol. The van der Waals surface area contributed by atoms with Crippen molar-refractivity contribution in [2.24, 2.45) is 11.8 Å². The molecular formula is C16H19Cl3N2. The maximum Gasteiger partial charge on any atom is 0.111 e. The molecule has 1 aromatic heterocycles. The van der Waals surface area contributed by atoms with Crippen LogP contribution >= 0.6 is 34.8 Å². The molecule has 1 fully saturated rings. The predicted molar refractivity (Wildman–Crippen MR) is 90.7 cm³/mol. The summed E-state index contributed by atoms with van der Waals surface area (Å²) in [4.78, 5) is 4.70. The second-order valence-electron chi connectivity index (χ2n) is 6.12. The quantitative estimate of drug-likeness (QED) is 0.663. The predicted octanol–water partition coefficient (Wildman–Crippen LogP) is 5.56. The van der Waals surface area contributed by atoms with Gasteiger partial charge in [0.15, 0.2) is 0 Å². The molecule has 0 saturated heterocycles. The summed E-state index contributed by atoms with van der Waals surface area (Å²) in [5.74, 6) is 3.17. The Kier molecular flexibility index (Phi) is 4.68. The molecule has 1 heterocycles. The summed E-state index contributed by atoms with van der Waals surface area (Å²) < 4.78 is 2.29. The molecule has 0 aliphatic heterocycles. The molecule has 114 valence electrons. The lowest BCUT2D eigenvalue weighted by Crippen LogP contribution is -2.11. The summed E-state index contributed by atoms with van der Waals surface area (Å²) in [5.41, 5.74) is 1.99. The maximum absolute atomic E-state index is 6.19. The van der Waals surface area contributed by atoms with Gasteiger partial charge in [0.25, 0.3) is 0 Å². The number of benzene rings is 1. The molecule has 0 amide bonds. The van der Waals surface area contributed by atoms with Gasteiger partial charge in [-0.25, -0.2) is 4.98 Å². The molecule has 0 spiro atoms. The van der Waals surface area contributed by atoms with Crippen LogP contribution < -0.4 is 0 Å². The van der Waals surface area contributed by atoms with E-state index < -0.39 is 0 Å². The molecule has 1 aromatic carbocycles. The molecule has 0 bridgehead atoms. The highest BCUT2D eigenvalue weighted by Crippen LogP contribution is 2.34. The van der Waals surface area contributed by atoms with Gasteiger partial charge in [0, 0.05) is 18.8 Å². The van der Waals surface area contributed by atoms with Crippen LogP contribution in [0, 0.1) is 11.8 Å². The lowest BCUT2D eigenvalue weighted by Gasteiger charge is -2.14. The van der Waals surface area contributed by atoms with Crippen LogP contribution in [0.2, 0.25) is 10.0 Å². The fourth-order valence-electron chi connectivity index (χ4n) is 3.40. The summed E-state index contributed by atoms with van der Waals surface area (Å²) in [6.07, 6.45) is 4.69. The lowest BCUT2D eigenvalue weighted by atomic mass is 10.1. The number of rotatable bonds is 4. The van der Waals surface area contributed by atoms with E-state index in [-0.39, 0.29) is 0 Å². The Bertz CT molecular complexity index is 650. The Morgan fingerprint density at radius 3 is 2.67 bits per heavy atom. The molecule has 2 unspecified atom stereocenters. The van der Waals surface area contributed by atoms with E-state index in [0.717, 1.165) is 41.7 Å². The number of nitrogens with zero attached hydrogens (tertiary/aromatic N) is 2. The molecular weight excluding hydrogens is 327 g/mol. The second-order valence-corrected chi connectivity index (χ2v) is 7.31. The van der Waals surface area contributed by atoms with Gasteiger partial charge in [0.1, 0.15) is 5.82 Å². The molecule has 2 nitrogen and oxygen atoms in total. The van der Waals surface area contributed by atoms with Crippen molar-refractivity contribution in [3.05, 3.63) is 28.0 Å². The van der Waals surface area contributed by atoms with Crippen LogP contribution in [-0.4, -0.2) is 15.4 Å². The maximum atomic E-state index is 6.19. The van der Waals surface area contributed by atoms with Gasteiger partial charge in [-0.1, -0.05) is 36.5 Å². The van der Waals surface area contributed by atoms with Crippen LogP contribution in [0.5, 0.6) is 0 Å². The highest BCUT2D eigenvalue weighted by atomic mass is 35.5. The third kappa shape index (κ3) is 3.18. The van der Waals surface area contributed by atoms with Crippen LogP contribution in [-0.2, 0) is 13.0 Å². The topological polar surface area (TPSA) is 17.8 Å². The molecule has 1 saturated carbocycles. The molecule has 5 heteroatoms. The minimum atomic E-state index is 0.556. The zero-order chi connectivity index (χ0) is 15.0. The van der Waals surface area contributed by atoms with E-state index >= 15 is 0 Å². The number of aryl methyl sites for hydroxylation is 1. The molecule has 3 rings (SSSR count). The van der Waals surface area contributed by atoms with Crippen molar-refractivity contribution in [3.63, 3.8) is 0 Å². The molecule has 1 aliphatic carbocycles. The van der Waals surface area contributed by atoms with Crippen molar-refractivity contribution < 1.29 is 0 Å². The van der Waals surface area contributed by atoms with Gasteiger partial charge in [0.2, 0.25) is 0 Å². The first-order valence-corrected chi connectivity index (χ1v) is 8.77. The van der Waals surface area contributed by atoms with Gasteiger partial charge in [0.05, 0.1) is 21.1 Å². The Morgan fingerprint density at radius 2 is 2.00 bits per heavy atom. The van der Waals surface area contributed by atoms with E-state index in [1.807, 2.05) is 12.1 Å². The highest BCUT2D eigenvalue weighted by molar-refractivity contribution is 6.42. The Morgan fingerprint density at radius 1 is 1.24 bits per heavy atom. The van der Waals surface area contributed by atoms with Gasteiger partial charge in [-0.05, 0) is 36.8 Å². The SMILES string of the molecule is CC1CCC(Cn2c(CCCl)nc3cc(Cl)c(Cl)cc32)C1. The Labute approximate surface area is 140 Å². The molecule has 2 aromatic rings. The number of aromatic nitrogens is 2. The number of alkyl halides is 1. The summed E-state index contributed by atoms with van der Waals surface area (Å²) >= 11 is 18.2. The third-order valence-corrected chi connectivity index (χ3v) is 5.34. The van der Waals surface area contributed by atoms with E-state index in [2.05, 4.69) is 11.5 Å². The smallest absolute Gasteiger partial charge is 0.111 e. The molecule has 1 aliphatic rings. The zero-order valence-corrected chi connectivity index (χ0v) is 14.3. The van der Waals surface area contributed by atoms with Gasteiger partial charge in [-0.3, -0.25) is 0 Å². The first-order chi connectivity index (χ1) is 10.1. The molecule has 21 heavy (non-hydrogen) atoms. The monoisotopic (exact) mass is 344 g/mol. The summed E-state index contributed by atoms with van der Waals surface area (Å²) in [7, 11) is 0. The second kappa shape index (κ2) is 6.36. The first kappa shape index (κ1) is 15.5. The Hall–Kier alpha value is -0.440. The number of hydrogen-bond donors (Lipinski definition) is 0. The van der Waals surface area contributed by atoms with E-state index in [4.69, 9.17) is 39.8 Å². The fourth-order valence-corrected chi connectivity index (χ4v) is 3.88.